The molecular weight excluding hydrogens is 228 g/mol. The highest BCUT2D eigenvalue weighted by Gasteiger charge is 2.06. The first kappa shape index (κ1) is 12.1. The lowest BCUT2D eigenvalue weighted by atomic mass is 10.2. The van der Waals surface area contributed by atoms with Crippen molar-refractivity contribution < 1.29 is 9.53 Å². The van der Waals surface area contributed by atoms with Gasteiger partial charge in [0.2, 0.25) is 0 Å². The van der Waals surface area contributed by atoms with Crippen molar-refractivity contribution in [3.8, 4) is 0 Å². The van der Waals surface area contributed by atoms with Gasteiger partial charge in [0, 0.05) is 23.8 Å². The number of nitrogens with zero attached hydrogens (tertiary/aromatic N) is 1. The van der Waals surface area contributed by atoms with Gasteiger partial charge in [-0.25, -0.2) is 4.79 Å². The molecule has 0 fully saturated rings. The van der Waals surface area contributed by atoms with Crippen molar-refractivity contribution in [3.63, 3.8) is 0 Å². The molecule has 0 saturated heterocycles. The number of carbonyl (C=O) groups is 1. The molecule has 0 amide bonds. The molecule has 92 valence electrons. The van der Waals surface area contributed by atoms with Crippen LogP contribution in [-0.4, -0.2) is 17.6 Å². The Morgan fingerprint density at radius 1 is 1.22 bits per heavy atom. The van der Waals surface area contributed by atoms with E-state index in [9.17, 15) is 4.79 Å². The smallest absolute Gasteiger partial charge is 0.338 e. The van der Waals surface area contributed by atoms with E-state index in [2.05, 4.69) is 10.3 Å². The van der Waals surface area contributed by atoms with Crippen LogP contribution in [-0.2, 0) is 4.74 Å². The SMILES string of the molecule is CCOC(=O)c1cccc(Nc2ccncc2)c1. The van der Waals surface area contributed by atoms with Gasteiger partial charge in [0.1, 0.15) is 0 Å². The largest absolute Gasteiger partial charge is 0.462 e. The number of rotatable bonds is 4. The third-order valence-corrected chi connectivity index (χ3v) is 2.34. The Balaban J connectivity index is 2.15. The van der Waals surface area contributed by atoms with E-state index in [0.717, 1.165) is 11.4 Å². The number of carbonyl (C=O) groups excluding carboxylic acids is 1. The molecule has 2 aromatic rings. The van der Waals surface area contributed by atoms with Crippen LogP contribution in [0.1, 0.15) is 17.3 Å². The molecule has 18 heavy (non-hydrogen) atoms. The zero-order chi connectivity index (χ0) is 12.8. The Morgan fingerprint density at radius 2 is 2.00 bits per heavy atom. The van der Waals surface area contributed by atoms with Crippen LogP contribution in [0.3, 0.4) is 0 Å². The van der Waals surface area contributed by atoms with Crippen LogP contribution < -0.4 is 5.32 Å². The molecule has 0 radical (unpaired) electrons. The number of esters is 1. The molecule has 1 aromatic carbocycles. The summed E-state index contributed by atoms with van der Waals surface area (Å²) < 4.78 is 4.96. The van der Waals surface area contributed by atoms with Gasteiger partial charge in [-0.15, -0.1) is 0 Å². The third-order valence-electron chi connectivity index (χ3n) is 2.34. The highest BCUT2D eigenvalue weighted by molar-refractivity contribution is 5.90. The monoisotopic (exact) mass is 242 g/mol. The van der Waals surface area contributed by atoms with Crippen LogP contribution in [0.4, 0.5) is 11.4 Å². The van der Waals surface area contributed by atoms with Gasteiger partial charge in [0.25, 0.3) is 0 Å². The molecule has 0 aliphatic rings. The molecule has 1 heterocycles. The molecule has 0 unspecified atom stereocenters. The fraction of sp³-hybridized carbons (Fsp3) is 0.143. The summed E-state index contributed by atoms with van der Waals surface area (Å²) in [6, 6.07) is 10.9. The molecule has 0 atom stereocenters. The van der Waals surface area contributed by atoms with Gasteiger partial charge in [0.15, 0.2) is 0 Å². The number of ether oxygens (including phenoxy) is 1. The second-order valence-corrected chi connectivity index (χ2v) is 3.66. The molecule has 0 bridgehead atoms. The summed E-state index contributed by atoms with van der Waals surface area (Å²) in [5.74, 6) is -0.309. The van der Waals surface area contributed by atoms with Crippen molar-refractivity contribution >= 4 is 17.3 Å². The predicted molar refractivity (Wildman–Crippen MR) is 69.9 cm³/mol. The van der Waals surface area contributed by atoms with Gasteiger partial charge < -0.3 is 10.1 Å². The van der Waals surface area contributed by atoms with E-state index in [0.29, 0.717) is 12.2 Å². The fourth-order valence-corrected chi connectivity index (χ4v) is 1.54. The van der Waals surface area contributed by atoms with Crippen LogP contribution in [0.15, 0.2) is 48.8 Å². The topological polar surface area (TPSA) is 51.2 Å². The van der Waals surface area contributed by atoms with E-state index in [1.165, 1.54) is 0 Å². The summed E-state index contributed by atoms with van der Waals surface area (Å²) >= 11 is 0. The van der Waals surface area contributed by atoms with Gasteiger partial charge in [-0.1, -0.05) is 6.07 Å². The van der Waals surface area contributed by atoms with Crippen molar-refractivity contribution in [1.82, 2.24) is 4.98 Å². The number of anilines is 2. The number of benzene rings is 1. The summed E-state index contributed by atoms with van der Waals surface area (Å²) in [6.07, 6.45) is 3.41. The molecule has 1 N–H and O–H groups in total. The molecule has 4 nitrogen and oxygen atoms in total. The highest BCUT2D eigenvalue weighted by Crippen LogP contribution is 2.17. The maximum Gasteiger partial charge on any atom is 0.338 e. The second-order valence-electron chi connectivity index (χ2n) is 3.66. The van der Waals surface area contributed by atoms with E-state index in [1.807, 2.05) is 24.3 Å². The lowest BCUT2D eigenvalue weighted by Crippen LogP contribution is -2.04. The van der Waals surface area contributed by atoms with Crippen LogP contribution in [0.5, 0.6) is 0 Å². The maximum absolute atomic E-state index is 11.6. The summed E-state index contributed by atoms with van der Waals surface area (Å²) in [4.78, 5) is 15.5. The Morgan fingerprint density at radius 3 is 2.72 bits per heavy atom. The van der Waals surface area contributed by atoms with Crippen LogP contribution in [0, 0.1) is 0 Å². The average molecular weight is 242 g/mol. The fourth-order valence-electron chi connectivity index (χ4n) is 1.54. The van der Waals surface area contributed by atoms with E-state index in [-0.39, 0.29) is 5.97 Å². The number of aromatic nitrogens is 1. The first-order chi connectivity index (χ1) is 8.79. The molecule has 0 spiro atoms. The molecule has 2 rings (SSSR count). The van der Waals surface area contributed by atoms with Gasteiger partial charge in [0.05, 0.1) is 12.2 Å². The summed E-state index contributed by atoms with van der Waals surface area (Å²) in [5.41, 5.74) is 2.30. The zero-order valence-corrected chi connectivity index (χ0v) is 10.1. The van der Waals surface area contributed by atoms with Crippen molar-refractivity contribution in [1.29, 1.82) is 0 Å². The number of nitrogens with one attached hydrogen (secondary N) is 1. The van der Waals surface area contributed by atoms with E-state index in [1.54, 1.807) is 31.5 Å². The van der Waals surface area contributed by atoms with Crippen molar-refractivity contribution in [2.45, 2.75) is 6.92 Å². The molecule has 0 saturated carbocycles. The molecule has 0 aliphatic heterocycles. The minimum Gasteiger partial charge on any atom is -0.462 e. The van der Waals surface area contributed by atoms with Crippen molar-refractivity contribution in [2.75, 3.05) is 11.9 Å². The number of hydrogen-bond donors (Lipinski definition) is 1. The minimum absolute atomic E-state index is 0.309. The van der Waals surface area contributed by atoms with Crippen LogP contribution in [0.2, 0.25) is 0 Å². The van der Waals surface area contributed by atoms with Crippen LogP contribution >= 0.6 is 0 Å². The highest BCUT2D eigenvalue weighted by atomic mass is 16.5. The maximum atomic E-state index is 11.6. The Labute approximate surface area is 106 Å². The average Bonchev–Trinajstić information content (AvgIpc) is 2.40. The predicted octanol–water partition coefficient (Wildman–Crippen LogP) is 3.00. The van der Waals surface area contributed by atoms with E-state index >= 15 is 0 Å². The van der Waals surface area contributed by atoms with E-state index < -0.39 is 0 Å². The molecule has 1 aromatic heterocycles. The third kappa shape index (κ3) is 3.07. The zero-order valence-electron chi connectivity index (χ0n) is 10.1. The van der Waals surface area contributed by atoms with Gasteiger partial charge in [-0.2, -0.15) is 0 Å². The quantitative estimate of drug-likeness (QED) is 0.837. The normalized spacial score (nSPS) is 9.83. The van der Waals surface area contributed by atoms with Gasteiger partial charge in [-0.05, 0) is 37.3 Å². The lowest BCUT2D eigenvalue weighted by molar-refractivity contribution is 0.0526. The summed E-state index contributed by atoms with van der Waals surface area (Å²) in [5, 5.41) is 3.19. The van der Waals surface area contributed by atoms with Gasteiger partial charge >= 0.3 is 5.97 Å². The lowest BCUT2D eigenvalue weighted by Gasteiger charge is -2.07. The second kappa shape index (κ2) is 5.82. The first-order valence-corrected chi connectivity index (χ1v) is 5.74. The number of hydrogen-bond acceptors (Lipinski definition) is 4. The molecule has 0 aliphatic carbocycles. The Hall–Kier alpha value is -2.36. The number of pyridine rings is 1. The summed E-state index contributed by atoms with van der Waals surface area (Å²) in [6.45, 7) is 2.16. The summed E-state index contributed by atoms with van der Waals surface area (Å²) in [7, 11) is 0. The van der Waals surface area contributed by atoms with Crippen LogP contribution in [0.25, 0.3) is 0 Å². The van der Waals surface area contributed by atoms with Crippen molar-refractivity contribution in [2.24, 2.45) is 0 Å². The standard InChI is InChI=1S/C14H14N2O2/c1-2-18-14(17)11-4-3-5-13(10-11)16-12-6-8-15-9-7-12/h3-10H,2H2,1H3,(H,15,16). The van der Waals surface area contributed by atoms with Crippen molar-refractivity contribution in [3.05, 3.63) is 54.4 Å². The molecule has 4 heteroatoms. The Bertz CT molecular complexity index is 526. The molecular formula is C14H14N2O2. The van der Waals surface area contributed by atoms with E-state index in [4.69, 9.17) is 4.74 Å². The minimum atomic E-state index is -0.309. The van der Waals surface area contributed by atoms with Gasteiger partial charge in [-0.3, -0.25) is 4.98 Å². The first-order valence-electron chi connectivity index (χ1n) is 5.74. The Kier molecular flexibility index (Phi) is 3.91.